The zero-order chi connectivity index (χ0) is 17.4. The lowest BCUT2D eigenvalue weighted by Gasteiger charge is -2.34. The van der Waals surface area contributed by atoms with E-state index in [9.17, 15) is 9.59 Å². The van der Waals surface area contributed by atoms with Gasteiger partial charge in [-0.3, -0.25) is 9.59 Å². The van der Waals surface area contributed by atoms with Crippen LogP contribution < -0.4 is 9.80 Å². The predicted octanol–water partition coefficient (Wildman–Crippen LogP) is 4.68. The third-order valence-electron chi connectivity index (χ3n) is 3.62. The molecule has 2 aromatic carbocycles. The SMILES string of the molecule is O=C1CN(c2ccc(Cl)c(Cl)c2)C(=O)CN1c1ccc(Cl)c(Cl)c1. The molecule has 3 rings (SSSR count). The van der Waals surface area contributed by atoms with E-state index in [4.69, 9.17) is 46.4 Å². The third kappa shape index (κ3) is 3.33. The lowest BCUT2D eigenvalue weighted by atomic mass is 10.2. The van der Waals surface area contributed by atoms with Crippen LogP contribution in [0.1, 0.15) is 0 Å². The third-order valence-corrected chi connectivity index (χ3v) is 5.10. The van der Waals surface area contributed by atoms with E-state index >= 15 is 0 Å². The molecule has 0 saturated carbocycles. The molecule has 0 N–H and O–H groups in total. The van der Waals surface area contributed by atoms with Gasteiger partial charge in [0.25, 0.3) is 0 Å². The standard InChI is InChI=1S/C16H10Cl4N2O2/c17-11-3-1-9(5-13(11)19)21-7-16(24)22(8-15(21)23)10-2-4-12(18)14(20)6-10/h1-6H,7-8H2. The average molecular weight is 404 g/mol. The van der Waals surface area contributed by atoms with E-state index < -0.39 is 0 Å². The van der Waals surface area contributed by atoms with Crippen molar-refractivity contribution in [1.82, 2.24) is 0 Å². The fourth-order valence-corrected chi connectivity index (χ4v) is 2.98. The Balaban J connectivity index is 1.86. The summed E-state index contributed by atoms with van der Waals surface area (Å²) < 4.78 is 0. The van der Waals surface area contributed by atoms with Crippen molar-refractivity contribution < 1.29 is 9.59 Å². The van der Waals surface area contributed by atoms with Crippen molar-refractivity contribution in [2.45, 2.75) is 0 Å². The van der Waals surface area contributed by atoms with Crippen LogP contribution in [0.2, 0.25) is 20.1 Å². The van der Waals surface area contributed by atoms with Crippen molar-refractivity contribution in [3.63, 3.8) is 0 Å². The van der Waals surface area contributed by atoms with Crippen LogP contribution in [0.5, 0.6) is 0 Å². The van der Waals surface area contributed by atoms with Crippen LogP contribution >= 0.6 is 46.4 Å². The van der Waals surface area contributed by atoms with Crippen LogP contribution in [-0.2, 0) is 9.59 Å². The van der Waals surface area contributed by atoms with Crippen LogP contribution in [0.3, 0.4) is 0 Å². The number of anilines is 2. The van der Waals surface area contributed by atoms with Gasteiger partial charge in [0.2, 0.25) is 11.8 Å². The highest BCUT2D eigenvalue weighted by atomic mass is 35.5. The number of amides is 2. The van der Waals surface area contributed by atoms with Gasteiger partial charge in [0, 0.05) is 11.4 Å². The molecular formula is C16H10Cl4N2O2. The summed E-state index contributed by atoms with van der Waals surface area (Å²) in [6.45, 7) is -0.200. The molecule has 0 spiro atoms. The van der Waals surface area contributed by atoms with E-state index in [1.807, 2.05) is 0 Å². The van der Waals surface area contributed by atoms with Crippen molar-refractivity contribution in [2.75, 3.05) is 22.9 Å². The van der Waals surface area contributed by atoms with Crippen LogP contribution in [0, 0.1) is 0 Å². The van der Waals surface area contributed by atoms with E-state index in [-0.39, 0.29) is 24.9 Å². The molecule has 0 aromatic heterocycles. The topological polar surface area (TPSA) is 40.6 Å². The largest absolute Gasteiger partial charge is 0.301 e. The van der Waals surface area contributed by atoms with Gasteiger partial charge in [0.05, 0.1) is 20.1 Å². The van der Waals surface area contributed by atoms with E-state index in [1.165, 1.54) is 9.80 Å². The first-order valence-corrected chi connectivity index (χ1v) is 8.39. The first-order valence-electron chi connectivity index (χ1n) is 6.87. The second-order valence-electron chi connectivity index (χ2n) is 5.16. The van der Waals surface area contributed by atoms with Crippen molar-refractivity contribution in [3.05, 3.63) is 56.5 Å². The quantitative estimate of drug-likeness (QED) is 0.730. The number of halogens is 4. The monoisotopic (exact) mass is 402 g/mol. The lowest BCUT2D eigenvalue weighted by molar-refractivity contribution is -0.125. The Morgan fingerprint density at radius 2 is 1.00 bits per heavy atom. The van der Waals surface area contributed by atoms with Gasteiger partial charge in [-0.15, -0.1) is 0 Å². The number of hydrogen-bond donors (Lipinski definition) is 0. The van der Waals surface area contributed by atoms with Crippen LogP contribution in [-0.4, -0.2) is 24.9 Å². The van der Waals surface area contributed by atoms with E-state index in [0.29, 0.717) is 31.5 Å². The summed E-state index contributed by atoms with van der Waals surface area (Å²) in [6, 6.07) is 9.58. The maximum atomic E-state index is 12.5. The number of piperazine rings is 1. The average Bonchev–Trinajstić information content (AvgIpc) is 2.54. The van der Waals surface area contributed by atoms with Gasteiger partial charge in [0.15, 0.2) is 0 Å². The number of carbonyl (C=O) groups is 2. The van der Waals surface area contributed by atoms with Crippen molar-refractivity contribution >= 4 is 69.6 Å². The highest BCUT2D eigenvalue weighted by Gasteiger charge is 2.32. The number of benzene rings is 2. The van der Waals surface area contributed by atoms with E-state index in [1.54, 1.807) is 36.4 Å². The van der Waals surface area contributed by atoms with Gasteiger partial charge < -0.3 is 9.80 Å². The highest BCUT2D eigenvalue weighted by molar-refractivity contribution is 6.42. The second-order valence-corrected chi connectivity index (χ2v) is 6.79. The summed E-state index contributed by atoms with van der Waals surface area (Å²) in [6.07, 6.45) is 0. The van der Waals surface area contributed by atoms with Crippen molar-refractivity contribution in [1.29, 1.82) is 0 Å². The number of rotatable bonds is 2. The normalized spacial score (nSPS) is 15.2. The summed E-state index contributed by atoms with van der Waals surface area (Å²) in [5.41, 5.74) is 1.05. The minimum absolute atomic E-state index is 0.100. The molecule has 1 heterocycles. The predicted molar refractivity (Wildman–Crippen MR) is 97.6 cm³/mol. The van der Waals surface area contributed by atoms with Crippen molar-refractivity contribution in [3.8, 4) is 0 Å². The first kappa shape index (κ1) is 17.4. The molecule has 1 fully saturated rings. The highest BCUT2D eigenvalue weighted by Crippen LogP contribution is 2.31. The van der Waals surface area contributed by atoms with Crippen molar-refractivity contribution in [2.24, 2.45) is 0 Å². The molecule has 1 aliphatic rings. The maximum Gasteiger partial charge on any atom is 0.247 e. The molecule has 0 radical (unpaired) electrons. The molecule has 124 valence electrons. The Morgan fingerprint density at radius 3 is 1.33 bits per heavy atom. The second kappa shape index (κ2) is 6.81. The van der Waals surface area contributed by atoms with Gasteiger partial charge in [0.1, 0.15) is 13.1 Å². The van der Waals surface area contributed by atoms with Crippen LogP contribution in [0.4, 0.5) is 11.4 Å². The Morgan fingerprint density at radius 1 is 0.625 bits per heavy atom. The Labute approximate surface area is 158 Å². The molecule has 0 aliphatic carbocycles. The number of carbonyl (C=O) groups excluding carboxylic acids is 2. The number of nitrogens with zero attached hydrogens (tertiary/aromatic N) is 2. The minimum atomic E-state index is -0.237. The van der Waals surface area contributed by atoms with Gasteiger partial charge in [-0.2, -0.15) is 0 Å². The summed E-state index contributed by atoms with van der Waals surface area (Å²) >= 11 is 23.7. The molecule has 0 bridgehead atoms. The molecule has 0 unspecified atom stereocenters. The van der Waals surface area contributed by atoms with E-state index in [0.717, 1.165) is 0 Å². The minimum Gasteiger partial charge on any atom is -0.301 e. The maximum absolute atomic E-state index is 12.5. The fourth-order valence-electron chi connectivity index (χ4n) is 2.39. The Hall–Kier alpha value is -1.46. The van der Waals surface area contributed by atoms with E-state index in [2.05, 4.69) is 0 Å². The molecule has 24 heavy (non-hydrogen) atoms. The van der Waals surface area contributed by atoms with Crippen LogP contribution in [0.15, 0.2) is 36.4 Å². The zero-order valence-corrected chi connectivity index (χ0v) is 15.1. The number of hydrogen-bond acceptors (Lipinski definition) is 2. The first-order chi connectivity index (χ1) is 11.4. The fraction of sp³-hybridized carbons (Fsp3) is 0.125. The molecule has 1 aliphatic heterocycles. The molecule has 0 atom stereocenters. The molecule has 2 amide bonds. The summed E-state index contributed by atoms with van der Waals surface area (Å²) in [5, 5.41) is 1.41. The Kier molecular flexibility index (Phi) is 4.92. The van der Waals surface area contributed by atoms with Gasteiger partial charge in [-0.1, -0.05) is 46.4 Å². The van der Waals surface area contributed by atoms with Gasteiger partial charge in [-0.25, -0.2) is 0 Å². The molecule has 1 saturated heterocycles. The summed E-state index contributed by atoms with van der Waals surface area (Å²) in [7, 11) is 0. The summed E-state index contributed by atoms with van der Waals surface area (Å²) in [5.74, 6) is -0.474. The zero-order valence-electron chi connectivity index (χ0n) is 12.1. The summed E-state index contributed by atoms with van der Waals surface area (Å²) in [4.78, 5) is 27.7. The van der Waals surface area contributed by atoms with Crippen LogP contribution in [0.25, 0.3) is 0 Å². The molecule has 4 nitrogen and oxygen atoms in total. The van der Waals surface area contributed by atoms with Gasteiger partial charge in [-0.05, 0) is 36.4 Å². The van der Waals surface area contributed by atoms with Gasteiger partial charge >= 0.3 is 0 Å². The lowest BCUT2D eigenvalue weighted by Crippen LogP contribution is -2.54. The Bertz CT molecular complexity index is 771. The smallest absolute Gasteiger partial charge is 0.247 e. The molecular weight excluding hydrogens is 394 g/mol. The molecule has 8 heteroatoms. The molecule has 2 aromatic rings.